The van der Waals surface area contributed by atoms with Crippen LogP contribution in [0.4, 0.5) is 0 Å². The molecule has 0 aromatic carbocycles. The van der Waals surface area contributed by atoms with Gasteiger partial charge in [-0.1, -0.05) is 0 Å². The normalized spacial score (nSPS) is 13.9. The second kappa shape index (κ2) is 11.2. The summed E-state index contributed by atoms with van der Waals surface area (Å²) in [5.74, 6) is -5.18. The predicted molar refractivity (Wildman–Crippen MR) is 87.2 cm³/mol. The maximum absolute atomic E-state index is 12.0. The van der Waals surface area contributed by atoms with Crippen molar-refractivity contribution in [3.63, 3.8) is 0 Å². The maximum Gasteiger partial charge on any atom is 0.326 e. The third-order valence-electron chi connectivity index (χ3n) is 2.86. The Labute approximate surface area is 148 Å². The van der Waals surface area contributed by atoms with Gasteiger partial charge < -0.3 is 37.6 Å². The van der Waals surface area contributed by atoms with Gasteiger partial charge in [0.05, 0.1) is 19.6 Å². The summed E-state index contributed by atoms with van der Waals surface area (Å²) < 4.78 is 0. The van der Waals surface area contributed by atoms with Crippen LogP contribution in [-0.2, 0) is 24.0 Å². The first-order valence-electron chi connectivity index (χ1n) is 6.99. The number of carboxylic acids is 1. The Morgan fingerprint density at radius 1 is 0.960 bits per heavy atom. The fourth-order valence-corrected chi connectivity index (χ4v) is 1.84. The molecule has 0 saturated heterocycles. The first kappa shape index (κ1) is 22.6. The molecule has 3 atom stereocenters. The van der Waals surface area contributed by atoms with E-state index in [1.54, 1.807) is 0 Å². The summed E-state index contributed by atoms with van der Waals surface area (Å²) in [5, 5.41) is 24.4. The fraction of sp³-hybridized carbons (Fsp3) is 0.583. The molecular formula is C12H21N5O7S. The smallest absolute Gasteiger partial charge is 0.326 e. The molecule has 0 aliphatic heterocycles. The van der Waals surface area contributed by atoms with Crippen molar-refractivity contribution in [3.05, 3.63) is 0 Å². The summed E-state index contributed by atoms with van der Waals surface area (Å²) in [5.41, 5.74) is 9.98. The molecule has 13 heteroatoms. The highest BCUT2D eigenvalue weighted by Gasteiger charge is 2.29. The lowest BCUT2D eigenvalue weighted by Crippen LogP contribution is -2.58. The second-order valence-corrected chi connectivity index (χ2v) is 5.19. The minimum atomic E-state index is -1.57. The van der Waals surface area contributed by atoms with E-state index in [4.69, 9.17) is 21.7 Å². The number of nitrogens with one attached hydrogen (secondary N) is 3. The zero-order chi connectivity index (χ0) is 19.6. The molecule has 4 amide bonds. The van der Waals surface area contributed by atoms with Gasteiger partial charge in [0.15, 0.2) is 0 Å². The molecule has 12 nitrogen and oxygen atoms in total. The summed E-state index contributed by atoms with van der Waals surface area (Å²) in [6.45, 7) is -1.16. The number of aliphatic hydroxyl groups excluding tert-OH is 1. The van der Waals surface area contributed by atoms with E-state index in [1.807, 2.05) is 5.32 Å². The number of amides is 4. The lowest BCUT2D eigenvalue weighted by atomic mass is 10.1. The molecule has 0 aliphatic rings. The second-order valence-electron chi connectivity index (χ2n) is 4.82. The van der Waals surface area contributed by atoms with Crippen LogP contribution in [-0.4, -0.2) is 76.8 Å². The number of hydrogen-bond donors (Lipinski definition) is 8. The summed E-state index contributed by atoms with van der Waals surface area (Å²) in [4.78, 5) is 57.0. The molecule has 0 aliphatic carbocycles. The van der Waals surface area contributed by atoms with Crippen LogP contribution in [0.3, 0.4) is 0 Å². The van der Waals surface area contributed by atoms with E-state index in [-0.39, 0.29) is 5.75 Å². The summed E-state index contributed by atoms with van der Waals surface area (Å²) in [7, 11) is 0. The van der Waals surface area contributed by atoms with Gasteiger partial charge in [0.1, 0.15) is 18.1 Å². The largest absolute Gasteiger partial charge is 0.480 e. The molecule has 0 spiro atoms. The van der Waals surface area contributed by atoms with Crippen LogP contribution in [0, 0.1) is 0 Å². The fourth-order valence-electron chi connectivity index (χ4n) is 1.59. The van der Waals surface area contributed by atoms with Crippen LogP contribution in [0.15, 0.2) is 0 Å². The van der Waals surface area contributed by atoms with E-state index in [0.29, 0.717) is 0 Å². The molecule has 9 N–H and O–H groups in total. The van der Waals surface area contributed by atoms with E-state index < -0.39 is 67.3 Å². The molecule has 0 rings (SSSR count). The van der Waals surface area contributed by atoms with Crippen molar-refractivity contribution in [1.29, 1.82) is 0 Å². The van der Waals surface area contributed by atoms with Crippen molar-refractivity contribution < 1.29 is 34.2 Å². The van der Waals surface area contributed by atoms with E-state index in [2.05, 4.69) is 23.3 Å². The van der Waals surface area contributed by atoms with Crippen molar-refractivity contribution in [3.8, 4) is 0 Å². The molecule has 0 bridgehead atoms. The zero-order valence-electron chi connectivity index (χ0n) is 13.1. The van der Waals surface area contributed by atoms with Crippen molar-refractivity contribution in [2.75, 3.05) is 18.9 Å². The first-order valence-corrected chi connectivity index (χ1v) is 7.62. The van der Waals surface area contributed by atoms with Gasteiger partial charge in [0, 0.05) is 5.75 Å². The van der Waals surface area contributed by atoms with Crippen LogP contribution < -0.4 is 27.4 Å². The number of carbonyl (C=O) groups is 5. The monoisotopic (exact) mass is 379 g/mol. The van der Waals surface area contributed by atoms with Gasteiger partial charge in [-0.15, -0.1) is 0 Å². The van der Waals surface area contributed by atoms with Crippen LogP contribution in [0.5, 0.6) is 0 Å². The topological polar surface area (TPSA) is 214 Å². The van der Waals surface area contributed by atoms with Crippen molar-refractivity contribution in [2.45, 2.75) is 24.5 Å². The molecule has 0 saturated carbocycles. The van der Waals surface area contributed by atoms with Gasteiger partial charge in [-0.3, -0.25) is 19.2 Å². The number of carbonyl (C=O) groups excluding carboxylic acids is 4. The quantitative estimate of drug-likeness (QED) is 0.163. The Balaban J connectivity index is 4.91. The average molecular weight is 379 g/mol. The van der Waals surface area contributed by atoms with E-state index in [9.17, 15) is 24.0 Å². The van der Waals surface area contributed by atoms with Crippen molar-refractivity contribution in [1.82, 2.24) is 16.0 Å². The third-order valence-corrected chi connectivity index (χ3v) is 3.22. The minimum Gasteiger partial charge on any atom is -0.480 e. The molecule has 0 aromatic rings. The Hall–Kier alpha value is -2.38. The highest BCUT2D eigenvalue weighted by molar-refractivity contribution is 7.80. The highest BCUT2D eigenvalue weighted by atomic mass is 32.1. The SMILES string of the molecule is NCC(=O)NC(CO)C(=O)NC(CS)C(=O)NC(CC(N)=O)C(=O)O. The molecule has 0 radical (unpaired) electrons. The van der Waals surface area contributed by atoms with Crippen LogP contribution >= 0.6 is 12.6 Å². The van der Waals surface area contributed by atoms with Crippen LogP contribution in [0.25, 0.3) is 0 Å². The lowest BCUT2D eigenvalue weighted by Gasteiger charge is -2.22. The average Bonchev–Trinajstić information content (AvgIpc) is 2.55. The number of rotatable bonds is 11. The van der Waals surface area contributed by atoms with E-state index >= 15 is 0 Å². The van der Waals surface area contributed by atoms with Crippen LogP contribution in [0.2, 0.25) is 0 Å². The molecule has 0 aromatic heterocycles. The first-order chi connectivity index (χ1) is 11.7. The number of aliphatic carboxylic acids is 1. The predicted octanol–water partition coefficient (Wildman–Crippen LogP) is -4.72. The number of carboxylic acid groups (broad SMARTS) is 1. The van der Waals surface area contributed by atoms with Gasteiger partial charge in [0.2, 0.25) is 23.6 Å². The lowest BCUT2D eigenvalue weighted by molar-refractivity contribution is -0.143. The molecule has 3 unspecified atom stereocenters. The Morgan fingerprint density at radius 2 is 1.48 bits per heavy atom. The van der Waals surface area contributed by atoms with Gasteiger partial charge in [-0.05, 0) is 0 Å². The molecule has 142 valence electrons. The molecular weight excluding hydrogens is 358 g/mol. The number of hydrogen-bond acceptors (Lipinski definition) is 8. The summed E-state index contributed by atoms with van der Waals surface area (Å²) in [6, 6.07) is -4.21. The van der Waals surface area contributed by atoms with E-state index in [1.165, 1.54) is 0 Å². The van der Waals surface area contributed by atoms with Crippen molar-refractivity contribution >= 4 is 42.2 Å². The number of primary amides is 1. The van der Waals surface area contributed by atoms with Crippen LogP contribution in [0.1, 0.15) is 6.42 Å². The maximum atomic E-state index is 12.0. The Kier molecular flexibility index (Phi) is 10.2. The van der Waals surface area contributed by atoms with E-state index in [0.717, 1.165) is 0 Å². The third kappa shape index (κ3) is 8.32. The number of thiol groups is 1. The highest BCUT2D eigenvalue weighted by Crippen LogP contribution is 1.97. The standard InChI is InChI=1S/C12H21N5O7S/c13-2-9(20)15-6(3-18)10(21)17-7(4-25)11(22)16-5(12(23)24)1-8(14)19/h5-7,18,25H,1-4,13H2,(H2,14,19)(H,15,20)(H,16,22)(H,17,21)(H,23,24). The summed E-state index contributed by atoms with van der Waals surface area (Å²) in [6.07, 6.45) is -0.639. The van der Waals surface area contributed by atoms with Gasteiger partial charge in [-0.25, -0.2) is 4.79 Å². The molecule has 0 heterocycles. The van der Waals surface area contributed by atoms with Gasteiger partial charge >= 0.3 is 5.97 Å². The zero-order valence-corrected chi connectivity index (χ0v) is 14.0. The Morgan fingerprint density at radius 3 is 1.88 bits per heavy atom. The summed E-state index contributed by atoms with van der Waals surface area (Å²) >= 11 is 3.88. The Bertz CT molecular complexity index is 530. The van der Waals surface area contributed by atoms with Crippen molar-refractivity contribution in [2.24, 2.45) is 11.5 Å². The molecule has 0 fully saturated rings. The number of nitrogens with two attached hydrogens (primary N) is 2. The molecule has 25 heavy (non-hydrogen) atoms. The number of aliphatic hydroxyl groups is 1. The minimum absolute atomic E-state index is 0.219. The van der Waals surface area contributed by atoms with Gasteiger partial charge in [-0.2, -0.15) is 12.6 Å². The van der Waals surface area contributed by atoms with Gasteiger partial charge in [0.25, 0.3) is 0 Å².